The number of carbonyl (C=O) groups is 1. The molecule has 4 heteroatoms. The molecule has 0 aliphatic carbocycles. The lowest BCUT2D eigenvalue weighted by molar-refractivity contribution is 0.0928. The van der Waals surface area contributed by atoms with Crippen LogP contribution >= 0.6 is 12.6 Å². The number of hydrogen-bond donors (Lipinski definition) is 3. The van der Waals surface area contributed by atoms with E-state index in [1.165, 1.54) is 0 Å². The highest BCUT2D eigenvalue weighted by molar-refractivity contribution is 7.80. The van der Waals surface area contributed by atoms with Crippen LogP contribution in [0.2, 0.25) is 0 Å². The van der Waals surface area contributed by atoms with Crippen molar-refractivity contribution in [2.75, 3.05) is 13.2 Å². The van der Waals surface area contributed by atoms with E-state index < -0.39 is 0 Å². The van der Waals surface area contributed by atoms with E-state index in [1.54, 1.807) is 18.2 Å². The fraction of sp³-hybridized carbons (Fsp3) is 0.462. The van der Waals surface area contributed by atoms with Crippen molar-refractivity contribution in [2.24, 2.45) is 5.41 Å². The molecule has 0 unspecified atom stereocenters. The predicted molar refractivity (Wildman–Crippen MR) is 71.5 cm³/mol. The molecule has 17 heavy (non-hydrogen) atoms. The first-order valence-corrected chi connectivity index (χ1v) is 6.07. The summed E-state index contributed by atoms with van der Waals surface area (Å²) in [6.45, 7) is 4.70. The number of rotatable bonds is 5. The first kappa shape index (κ1) is 14.1. The van der Waals surface area contributed by atoms with Crippen molar-refractivity contribution >= 4 is 18.5 Å². The van der Waals surface area contributed by atoms with Gasteiger partial charge in [0.15, 0.2) is 0 Å². The van der Waals surface area contributed by atoms with E-state index in [4.69, 9.17) is 5.11 Å². The van der Waals surface area contributed by atoms with Crippen LogP contribution in [0, 0.1) is 5.41 Å². The average Bonchev–Trinajstić information content (AvgIpc) is 2.26. The number of nitrogens with one attached hydrogen (secondary N) is 1. The summed E-state index contributed by atoms with van der Waals surface area (Å²) in [5.74, 6) is -0.105. The third-order valence-corrected chi connectivity index (χ3v) is 2.90. The Morgan fingerprint density at radius 1 is 1.47 bits per heavy atom. The molecule has 3 nitrogen and oxygen atoms in total. The Morgan fingerprint density at radius 3 is 2.76 bits per heavy atom. The van der Waals surface area contributed by atoms with Crippen molar-refractivity contribution in [1.82, 2.24) is 5.32 Å². The number of thiol groups is 1. The molecule has 0 bridgehead atoms. The maximum absolute atomic E-state index is 11.8. The molecule has 0 spiro atoms. The predicted octanol–water partition coefficient (Wildman–Crippen LogP) is 2.11. The number of carbonyl (C=O) groups excluding carboxylic acids is 1. The van der Waals surface area contributed by atoms with E-state index in [0.29, 0.717) is 18.5 Å². The first-order chi connectivity index (χ1) is 7.94. The lowest BCUT2D eigenvalue weighted by atomic mass is 9.89. The average molecular weight is 253 g/mol. The summed E-state index contributed by atoms with van der Waals surface area (Å²) >= 11 is 4.19. The molecule has 0 saturated carbocycles. The lowest BCUT2D eigenvalue weighted by Crippen LogP contribution is -2.34. The molecule has 1 aromatic rings. The molecule has 0 heterocycles. The van der Waals surface area contributed by atoms with Crippen LogP contribution in [-0.2, 0) is 0 Å². The van der Waals surface area contributed by atoms with Crippen LogP contribution in [0.3, 0.4) is 0 Å². The van der Waals surface area contributed by atoms with Gasteiger partial charge in [-0.2, -0.15) is 0 Å². The highest BCUT2D eigenvalue weighted by atomic mass is 32.1. The summed E-state index contributed by atoms with van der Waals surface area (Å²) in [6, 6.07) is 7.12. The minimum atomic E-state index is -0.105. The van der Waals surface area contributed by atoms with E-state index in [0.717, 1.165) is 4.90 Å². The van der Waals surface area contributed by atoms with Crippen LogP contribution in [0.15, 0.2) is 29.2 Å². The minimum Gasteiger partial charge on any atom is -0.396 e. The SMILES string of the molecule is CC(C)(CCO)CNC(=O)c1cccc(S)c1. The van der Waals surface area contributed by atoms with E-state index >= 15 is 0 Å². The van der Waals surface area contributed by atoms with Gasteiger partial charge in [0, 0.05) is 23.6 Å². The van der Waals surface area contributed by atoms with Gasteiger partial charge in [-0.15, -0.1) is 12.6 Å². The van der Waals surface area contributed by atoms with Crippen LogP contribution < -0.4 is 5.32 Å². The molecule has 0 aliphatic heterocycles. The smallest absolute Gasteiger partial charge is 0.251 e. The summed E-state index contributed by atoms with van der Waals surface area (Å²) in [4.78, 5) is 12.6. The van der Waals surface area contributed by atoms with Gasteiger partial charge in [-0.1, -0.05) is 19.9 Å². The quantitative estimate of drug-likeness (QED) is 0.704. The fourth-order valence-electron chi connectivity index (χ4n) is 1.46. The molecule has 2 N–H and O–H groups in total. The Labute approximate surface area is 108 Å². The van der Waals surface area contributed by atoms with Crippen molar-refractivity contribution in [3.05, 3.63) is 29.8 Å². The topological polar surface area (TPSA) is 49.3 Å². The van der Waals surface area contributed by atoms with Crippen LogP contribution in [0.4, 0.5) is 0 Å². The zero-order chi connectivity index (χ0) is 12.9. The molecule has 1 rings (SSSR count). The molecular weight excluding hydrogens is 234 g/mol. The molecule has 1 amide bonds. The maximum atomic E-state index is 11.8. The number of hydrogen-bond acceptors (Lipinski definition) is 3. The molecule has 1 aromatic carbocycles. The zero-order valence-corrected chi connectivity index (χ0v) is 11.1. The van der Waals surface area contributed by atoms with Crippen molar-refractivity contribution in [3.8, 4) is 0 Å². The molecule has 0 radical (unpaired) electrons. The van der Waals surface area contributed by atoms with Crippen LogP contribution in [0.25, 0.3) is 0 Å². The minimum absolute atomic E-state index is 0.0943. The van der Waals surface area contributed by atoms with Gasteiger partial charge in [-0.05, 0) is 30.0 Å². The highest BCUT2D eigenvalue weighted by Gasteiger charge is 2.18. The normalized spacial score (nSPS) is 11.3. The molecule has 0 saturated heterocycles. The van der Waals surface area contributed by atoms with Crippen molar-refractivity contribution < 1.29 is 9.90 Å². The standard InChI is InChI=1S/C13H19NO2S/c1-13(2,6-7-15)9-14-12(16)10-4-3-5-11(17)8-10/h3-5,8,15,17H,6-7,9H2,1-2H3,(H,14,16). The molecule has 94 valence electrons. The van der Waals surface area contributed by atoms with Crippen LogP contribution in [0.1, 0.15) is 30.6 Å². The van der Waals surface area contributed by atoms with Gasteiger partial charge in [0.1, 0.15) is 0 Å². The fourth-order valence-corrected chi connectivity index (χ4v) is 1.68. The number of aliphatic hydroxyl groups excluding tert-OH is 1. The molecule has 0 atom stereocenters. The van der Waals surface area contributed by atoms with Gasteiger partial charge in [0.2, 0.25) is 0 Å². The van der Waals surface area contributed by atoms with Crippen molar-refractivity contribution in [2.45, 2.75) is 25.2 Å². The Kier molecular flexibility index (Phi) is 5.02. The van der Waals surface area contributed by atoms with Gasteiger partial charge >= 0.3 is 0 Å². The second kappa shape index (κ2) is 6.07. The van der Waals surface area contributed by atoms with Gasteiger partial charge in [-0.3, -0.25) is 4.79 Å². The van der Waals surface area contributed by atoms with Gasteiger partial charge < -0.3 is 10.4 Å². The summed E-state index contributed by atoms with van der Waals surface area (Å²) in [7, 11) is 0. The summed E-state index contributed by atoms with van der Waals surface area (Å²) < 4.78 is 0. The largest absolute Gasteiger partial charge is 0.396 e. The summed E-state index contributed by atoms with van der Waals surface area (Å²) in [5, 5.41) is 11.8. The van der Waals surface area contributed by atoms with Gasteiger partial charge in [0.25, 0.3) is 5.91 Å². The molecule has 0 fully saturated rings. The Hall–Kier alpha value is -1.00. The number of aliphatic hydroxyl groups is 1. The second-order valence-electron chi connectivity index (χ2n) is 4.87. The summed E-state index contributed by atoms with van der Waals surface area (Å²) in [5.41, 5.74) is 0.514. The second-order valence-corrected chi connectivity index (χ2v) is 5.39. The maximum Gasteiger partial charge on any atom is 0.251 e. The van der Waals surface area contributed by atoms with Gasteiger partial charge in [-0.25, -0.2) is 0 Å². The van der Waals surface area contributed by atoms with Gasteiger partial charge in [0.05, 0.1) is 0 Å². The number of amides is 1. The van der Waals surface area contributed by atoms with Crippen LogP contribution in [-0.4, -0.2) is 24.2 Å². The van der Waals surface area contributed by atoms with E-state index in [9.17, 15) is 4.79 Å². The van der Waals surface area contributed by atoms with E-state index in [1.807, 2.05) is 19.9 Å². The third kappa shape index (κ3) is 4.79. The van der Waals surface area contributed by atoms with Crippen LogP contribution in [0.5, 0.6) is 0 Å². The molecular formula is C13H19NO2S. The van der Waals surface area contributed by atoms with Crippen molar-refractivity contribution in [1.29, 1.82) is 0 Å². The zero-order valence-electron chi connectivity index (χ0n) is 10.2. The lowest BCUT2D eigenvalue weighted by Gasteiger charge is -2.23. The molecule has 0 aromatic heterocycles. The Bertz CT molecular complexity index is 391. The number of benzene rings is 1. The third-order valence-electron chi connectivity index (χ3n) is 2.62. The Balaban J connectivity index is 2.56. The highest BCUT2D eigenvalue weighted by Crippen LogP contribution is 2.18. The van der Waals surface area contributed by atoms with Crippen molar-refractivity contribution in [3.63, 3.8) is 0 Å². The summed E-state index contributed by atoms with van der Waals surface area (Å²) in [6.07, 6.45) is 0.667. The molecule has 0 aliphatic rings. The first-order valence-electron chi connectivity index (χ1n) is 5.63. The van der Waals surface area contributed by atoms with E-state index in [-0.39, 0.29) is 17.9 Å². The van der Waals surface area contributed by atoms with E-state index in [2.05, 4.69) is 17.9 Å². The monoisotopic (exact) mass is 253 g/mol. The Morgan fingerprint density at radius 2 is 2.18 bits per heavy atom.